The van der Waals surface area contributed by atoms with E-state index in [1.54, 1.807) is 12.3 Å². The molecule has 1 aliphatic heterocycles. The highest BCUT2D eigenvalue weighted by atomic mass is 19.2. The van der Waals surface area contributed by atoms with Gasteiger partial charge in [0.15, 0.2) is 11.6 Å². The second-order valence-corrected chi connectivity index (χ2v) is 12.1. The minimum absolute atomic E-state index is 0.0701. The number of hydrogen-bond acceptors (Lipinski definition) is 5. The van der Waals surface area contributed by atoms with Crippen LogP contribution in [0.25, 0.3) is 11.1 Å². The van der Waals surface area contributed by atoms with Gasteiger partial charge in [-0.2, -0.15) is 0 Å². The number of carbonyl (C=O) groups is 3. The normalized spacial score (nSPS) is 18.4. The molecule has 9 nitrogen and oxygen atoms in total. The smallest absolute Gasteiger partial charge is 0.368 e. The lowest BCUT2D eigenvalue weighted by Gasteiger charge is -2.27. The second-order valence-electron chi connectivity index (χ2n) is 12.1. The maximum Gasteiger partial charge on any atom is 0.368 e. The number of halogens is 2. The molecule has 2 N–H and O–H groups in total. The number of carboxylic acids is 1. The van der Waals surface area contributed by atoms with Gasteiger partial charge in [-0.05, 0) is 74.5 Å². The maximum atomic E-state index is 15.5. The van der Waals surface area contributed by atoms with Crippen LogP contribution in [0.2, 0.25) is 0 Å². The number of benzene rings is 2. The lowest BCUT2D eigenvalue weighted by atomic mass is 9.92. The minimum atomic E-state index is -1.76. The van der Waals surface area contributed by atoms with Crippen LogP contribution in [0, 0.1) is 31.4 Å². The SMILES string of the molecule is Cc1cccc(C)c1-c1cc(F)c(F)c(C(C(=O)O)[N+]2(C(=O)CNC(=O)c3cccn(CCN(C)C)c3=O)CC2C(C)C)c1. The molecule has 3 unspecified atom stereocenters. The van der Waals surface area contributed by atoms with Crippen LogP contribution < -0.4 is 10.9 Å². The molecule has 234 valence electrons. The van der Waals surface area contributed by atoms with Crippen LogP contribution in [0.15, 0.2) is 53.5 Å². The van der Waals surface area contributed by atoms with Crippen LogP contribution in [0.5, 0.6) is 0 Å². The number of aryl methyl sites for hydroxylation is 2. The fourth-order valence-electron chi connectivity index (χ4n) is 6.13. The van der Waals surface area contributed by atoms with Gasteiger partial charge < -0.3 is 19.9 Å². The van der Waals surface area contributed by atoms with E-state index in [0.717, 1.165) is 17.2 Å². The molecule has 11 heteroatoms. The van der Waals surface area contributed by atoms with Crippen LogP contribution in [0.4, 0.5) is 8.78 Å². The van der Waals surface area contributed by atoms with Crippen molar-refractivity contribution >= 4 is 17.8 Å². The summed E-state index contributed by atoms with van der Waals surface area (Å²) in [5, 5.41) is 12.9. The zero-order valence-corrected chi connectivity index (χ0v) is 25.9. The standard InChI is InChI=1S/C33H38F2N4O5/c1-19(2)26-18-39(26,27(40)17-36-31(41)23-11-8-12-38(32(23)42)14-13-37(5)6)30(33(43)44)24-15-22(16-25(34)29(24)35)28-20(3)9-7-10-21(28)4/h7-12,15-16,19,26,30H,13-14,17-18H2,1-6H3,(H-,36,41,43,44)/p+1. The second kappa shape index (κ2) is 12.8. The van der Waals surface area contributed by atoms with E-state index in [0.29, 0.717) is 24.2 Å². The first kappa shape index (κ1) is 32.7. The van der Waals surface area contributed by atoms with Gasteiger partial charge >= 0.3 is 11.9 Å². The number of pyridine rings is 1. The zero-order chi connectivity index (χ0) is 32.5. The summed E-state index contributed by atoms with van der Waals surface area (Å²) in [6.45, 7) is 7.67. The Hall–Kier alpha value is -4.22. The Bertz CT molecular complexity index is 1650. The molecule has 1 fully saturated rings. The molecular weight excluding hydrogens is 570 g/mol. The van der Waals surface area contributed by atoms with E-state index in [2.05, 4.69) is 5.32 Å². The van der Waals surface area contributed by atoms with Gasteiger partial charge in [-0.15, -0.1) is 0 Å². The first-order valence-electron chi connectivity index (χ1n) is 14.5. The highest BCUT2D eigenvalue weighted by Gasteiger charge is 2.69. The Labute approximate surface area is 255 Å². The summed E-state index contributed by atoms with van der Waals surface area (Å²) in [4.78, 5) is 54.6. The molecule has 1 aromatic heterocycles. The predicted molar refractivity (Wildman–Crippen MR) is 162 cm³/mol. The van der Waals surface area contributed by atoms with E-state index in [4.69, 9.17) is 0 Å². The van der Waals surface area contributed by atoms with Gasteiger partial charge in [0.1, 0.15) is 24.7 Å². The Kier molecular flexibility index (Phi) is 9.50. The largest absolute Gasteiger partial charge is 0.477 e. The van der Waals surface area contributed by atoms with Gasteiger partial charge in [0.05, 0.1) is 5.56 Å². The predicted octanol–water partition coefficient (Wildman–Crippen LogP) is 3.91. The summed E-state index contributed by atoms with van der Waals surface area (Å²) in [6, 6.07) is 8.47. The number of nitrogens with one attached hydrogen (secondary N) is 1. The number of hydrogen-bond donors (Lipinski definition) is 2. The summed E-state index contributed by atoms with van der Waals surface area (Å²) in [6.07, 6.45) is 1.56. The molecule has 1 aliphatic rings. The summed E-state index contributed by atoms with van der Waals surface area (Å²) in [7, 11) is 3.71. The van der Waals surface area contributed by atoms with E-state index in [1.807, 2.05) is 64.9 Å². The van der Waals surface area contributed by atoms with Gasteiger partial charge in [-0.3, -0.25) is 9.59 Å². The number of likely N-dealkylation sites (N-methyl/N-ethyl adjacent to an activating group) is 1. The molecule has 1 saturated heterocycles. The lowest BCUT2D eigenvalue weighted by molar-refractivity contribution is -0.762. The molecule has 3 aromatic rings. The third kappa shape index (κ3) is 6.20. The summed E-state index contributed by atoms with van der Waals surface area (Å²) in [5.74, 6) is -5.68. The quantitative estimate of drug-likeness (QED) is 0.252. The highest BCUT2D eigenvalue weighted by Crippen LogP contribution is 2.48. The Morgan fingerprint density at radius 2 is 1.75 bits per heavy atom. The van der Waals surface area contributed by atoms with Crippen molar-refractivity contribution in [2.24, 2.45) is 5.92 Å². The summed E-state index contributed by atoms with van der Waals surface area (Å²) < 4.78 is 31.4. The Balaban J connectivity index is 1.70. The van der Waals surface area contributed by atoms with E-state index < -0.39 is 63.7 Å². The van der Waals surface area contributed by atoms with Gasteiger partial charge in [0, 0.05) is 25.2 Å². The number of carbonyl (C=O) groups excluding carboxylic acids is 2. The minimum Gasteiger partial charge on any atom is -0.477 e. The molecule has 0 saturated carbocycles. The fraction of sp³-hybridized carbons (Fsp3) is 0.394. The molecule has 44 heavy (non-hydrogen) atoms. The van der Waals surface area contributed by atoms with E-state index in [1.165, 1.54) is 16.7 Å². The Morgan fingerprint density at radius 3 is 2.32 bits per heavy atom. The number of aromatic nitrogens is 1. The van der Waals surface area contributed by atoms with Crippen LogP contribution in [0.3, 0.4) is 0 Å². The molecule has 3 atom stereocenters. The number of carboxylic acid groups (broad SMARTS) is 1. The average Bonchev–Trinajstić information content (AvgIpc) is 3.70. The first-order valence-corrected chi connectivity index (χ1v) is 14.5. The van der Waals surface area contributed by atoms with Crippen molar-refractivity contribution in [2.75, 3.05) is 33.7 Å². The third-order valence-electron chi connectivity index (χ3n) is 8.45. The van der Waals surface area contributed by atoms with Crippen molar-refractivity contribution in [3.05, 3.63) is 92.9 Å². The van der Waals surface area contributed by atoms with Crippen molar-refractivity contribution in [1.29, 1.82) is 0 Å². The number of aliphatic carboxylic acids is 1. The Morgan fingerprint density at radius 1 is 1.09 bits per heavy atom. The van der Waals surface area contributed by atoms with Gasteiger partial charge in [-0.25, -0.2) is 22.9 Å². The monoisotopic (exact) mass is 609 g/mol. The molecule has 4 rings (SSSR count). The molecular formula is C33H39F2N4O5+. The highest BCUT2D eigenvalue weighted by molar-refractivity contribution is 5.96. The molecule has 0 bridgehead atoms. The van der Waals surface area contributed by atoms with Gasteiger partial charge in [0.25, 0.3) is 11.5 Å². The van der Waals surface area contributed by atoms with Crippen molar-refractivity contribution in [2.45, 2.75) is 46.3 Å². The molecule has 2 aromatic carbocycles. The molecule has 2 heterocycles. The molecule has 0 aliphatic carbocycles. The number of quaternary nitrogens is 1. The van der Waals surface area contributed by atoms with Crippen LogP contribution >= 0.6 is 0 Å². The molecule has 0 spiro atoms. The van der Waals surface area contributed by atoms with Crippen molar-refractivity contribution < 1.29 is 32.8 Å². The van der Waals surface area contributed by atoms with Crippen molar-refractivity contribution in [3.8, 4) is 11.1 Å². The number of nitrogens with zero attached hydrogens (tertiary/aromatic N) is 3. The van der Waals surface area contributed by atoms with Crippen LogP contribution in [-0.4, -0.2) is 76.6 Å². The van der Waals surface area contributed by atoms with E-state index in [-0.39, 0.29) is 18.0 Å². The number of amides is 2. The topological polar surface area (TPSA) is 109 Å². The van der Waals surface area contributed by atoms with Crippen LogP contribution in [-0.2, 0) is 16.1 Å². The summed E-state index contributed by atoms with van der Waals surface area (Å²) >= 11 is 0. The van der Waals surface area contributed by atoms with Gasteiger partial charge in [-0.1, -0.05) is 32.0 Å². The van der Waals surface area contributed by atoms with Gasteiger partial charge in [0.2, 0.25) is 6.04 Å². The number of rotatable bonds is 11. The molecule has 2 amide bonds. The van der Waals surface area contributed by atoms with E-state index in [9.17, 15) is 24.3 Å². The average molecular weight is 610 g/mol. The lowest BCUT2D eigenvalue weighted by Crippen LogP contribution is -2.49. The zero-order valence-electron chi connectivity index (χ0n) is 25.9. The maximum absolute atomic E-state index is 15.5. The third-order valence-corrected chi connectivity index (χ3v) is 8.45. The van der Waals surface area contributed by atoms with Crippen molar-refractivity contribution in [1.82, 2.24) is 14.8 Å². The van der Waals surface area contributed by atoms with Crippen LogP contribution in [0.1, 0.15) is 46.9 Å². The summed E-state index contributed by atoms with van der Waals surface area (Å²) in [5.41, 5.74) is 1.41. The van der Waals surface area contributed by atoms with E-state index >= 15 is 8.78 Å². The van der Waals surface area contributed by atoms with Crippen molar-refractivity contribution in [3.63, 3.8) is 0 Å². The molecule has 0 radical (unpaired) electrons. The fourth-order valence-corrected chi connectivity index (χ4v) is 6.13. The first-order chi connectivity index (χ1) is 20.7.